The monoisotopic (exact) mass is 423 g/mol. The van der Waals surface area contributed by atoms with Crippen LogP contribution in [0.5, 0.6) is 0 Å². The fourth-order valence-corrected chi connectivity index (χ4v) is 4.36. The van der Waals surface area contributed by atoms with Gasteiger partial charge in [-0.25, -0.2) is 28.2 Å². The van der Waals surface area contributed by atoms with Crippen molar-refractivity contribution in [2.75, 3.05) is 5.32 Å². The molecular formula is C20H19F2N9. The zero-order chi connectivity index (χ0) is 21.2. The summed E-state index contributed by atoms with van der Waals surface area (Å²) in [4.78, 5) is 17.9. The highest BCUT2D eigenvalue weighted by Crippen LogP contribution is 2.40. The van der Waals surface area contributed by atoms with E-state index in [4.69, 9.17) is 4.98 Å². The molecule has 0 atom stereocenters. The van der Waals surface area contributed by atoms with Crippen LogP contribution in [0.3, 0.4) is 0 Å². The molecule has 11 heteroatoms. The van der Waals surface area contributed by atoms with E-state index in [-0.39, 0.29) is 18.9 Å². The smallest absolute Gasteiger partial charge is 0.248 e. The van der Waals surface area contributed by atoms with E-state index in [9.17, 15) is 8.78 Å². The Hall–Kier alpha value is -3.63. The fraction of sp³-hybridized carbons (Fsp3) is 0.350. The predicted molar refractivity (Wildman–Crippen MR) is 110 cm³/mol. The van der Waals surface area contributed by atoms with Gasteiger partial charge >= 0.3 is 0 Å². The summed E-state index contributed by atoms with van der Waals surface area (Å²) in [6.45, 7) is 1.97. The minimum absolute atomic E-state index is 0.0852. The van der Waals surface area contributed by atoms with Gasteiger partial charge in [-0.2, -0.15) is 10.1 Å². The Morgan fingerprint density at radius 3 is 2.84 bits per heavy atom. The number of imidazole rings is 2. The van der Waals surface area contributed by atoms with Gasteiger partial charge in [-0.15, -0.1) is 0 Å². The lowest BCUT2D eigenvalue weighted by Crippen LogP contribution is -2.26. The van der Waals surface area contributed by atoms with Gasteiger partial charge in [-0.3, -0.25) is 8.97 Å². The number of nitrogens with zero attached hydrogens (tertiary/aromatic N) is 8. The summed E-state index contributed by atoms with van der Waals surface area (Å²) >= 11 is 0. The Balaban J connectivity index is 1.43. The van der Waals surface area contributed by atoms with E-state index in [1.807, 2.05) is 34.4 Å². The average Bonchev–Trinajstić information content (AvgIpc) is 3.44. The Morgan fingerprint density at radius 1 is 1.16 bits per heavy atom. The number of fused-ring (bicyclic) bond motifs is 4. The Morgan fingerprint density at radius 2 is 2.00 bits per heavy atom. The molecule has 0 spiro atoms. The van der Waals surface area contributed by atoms with Crippen LogP contribution in [0.25, 0.3) is 22.6 Å². The topological polar surface area (TPSA) is 90.2 Å². The van der Waals surface area contributed by atoms with Crippen molar-refractivity contribution >= 4 is 34.2 Å². The number of pyridine rings is 1. The molecule has 1 N–H and O–H groups in total. The van der Waals surface area contributed by atoms with Crippen LogP contribution >= 0.6 is 0 Å². The van der Waals surface area contributed by atoms with Crippen LogP contribution in [-0.2, 0) is 0 Å². The third-order valence-corrected chi connectivity index (χ3v) is 6.00. The summed E-state index contributed by atoms with van der Waals surface area (Å²) in [6, 6.07) is 1.84. The first-order chi connectivity index (χ1) is 15.0. The molecule has 0 aliphatic heterocycles. The lowest BCUT2D eigenvalue weighted by atomic mass is 9.92. The summed E-state index contributed by atoms with van der Waals surface area (Å²) in [5.74, 6) is -1.49. The number of aryl methyl sites for hydroxylation is 1. The second-order valence-electron chi connectivity index (χ2n) is 8.01. The van der Waals surface area contributed by atoms with Crippen molar-refractivity contribution in [3.8, 4) is 0 Å². The van der Waals surface area contributed by atoms with E-state index in [0.29, 0.717) is 30.2 Å². The van der Waals surface area contributed by atoms with Crippen LogP contribution in [-0.4, -0.2) is 44.4 Å². The van der Waals surface area contributed by atoms with Crippen LogP contribution in [0.4, 0.5) is 20.4 Å². The molecular weight excluding hydrogens is 404 g/mol. The number of hydrogen-bond donors (Lipinski definition) is 1. The summed E-state index contributed by atoms with van der Waals surface area (Å²) in [5.41, 5.74) is 4.00. The standard InChI is InChI=1S/C20H19F2N9/c1-12-8-16-25-11-26-30(16)10-14(12)27-18-24-9-15-17(28-18)31(19-23-6-7-29(15)19)13-2-4-20(21,22)5-3-13/h6-11,13H,2-5H2,1H3,(H,24,27,28). The van der Waals surface area contributed by atoms with Crippen LogP contribution < -0.4 is 5.32 Å². The number of halogens is 2. The molecule has 9 nitrogen and oxygen atoms in total. The van der Waals surface area contributed by atoms with Gasteiger partial charge in [0, 0.05) is 31.3 Å². The van der Waals surface area contributed by atoms with Crippen LogP contribution in [0, 0.1) is 6.92 Å². The number of nitrogens with one attached hydrogen (secondary N) is 1. The Labute approximate surface area is 174 Å². The maximum atomic E-state index is 13.7. The molecule has 158 valence electrons. The van der Waals surface area contributed by atoms with Crippen molar-refractivity contribution in [2.45, 2.75) is 44.6 Å². The van der Waals surface area contributed by atoms with Gasteiger partial charge in [0.1, 0.15) is 11.8 Å². The van der Waals surface area contributed by atoms with Crippen molar-refractivity contribution < 1.29 is 8.78 Å². The SMILES string of the molecule is Cc1cc2ncnn2cc1Nc1ncc2c(n1)n(C1CCC(F)(F)CC1)c1nccn21. The number of rotatable bonds is 3. The molecule has 6 rings (SSSR count). The molecule has 0 unspecified atom stereocenters. The van der Waals surface area contributed by atoms with E-state index < -0.39 is 5.92 Å². The molecule has 1 aliphatic carbocycles. The van der Waals surface area contributed by atoms with E-state index in [1.54, 1.807) is 16.9 Å². The first kappa shape index (κ1) is 18.2. The van der Waals surface area contributed by atoms with Gasteiger partial charge in [0.05, 0.1) is 18.1 Å². The molecule has 1 saturated carbocycles. The third-order valence-electron chi connectivity index (χ3n) is 6.00. The third kappa shape index (κ3) is 2.91. The normalized spacial score (nSPS) is 17.1. The maximum Gasteiger partial charge on any atom is 0.248 e. The Kier molecular flexibility index (Phi) is 3.77. The second kappa shape index (κ2) is 6.43. The minimum Gasteiger partial charge on any atom is -0.323 e. The highest BCUT2D eigenvalue weighted by Gasteiger charge is 2.36. The summed E-state index contributed by atoms with van der Waals surface area (Å²) in [7, 11) is 0. The highest BCUT2D eigenvalue weighted by molar-refractivity contribution is 5.78. The number of anilines is 2. The predicted octanol–water partition coefficient (Wildman–Crippen LogP) is 3.92. The van der Waals surface area contributed by atoms with Gasteiger partial charge in [0.25, 0.3) is 0 Å². The Bertz CT molecular complexity index is 1420. The fourth-order valence-electron chi connectivity index (χ4n) is 4.36. The lowest BCUT2D eigenvalue weighted by molar-refractivity contribution is -0.0433. The van der Waals surface area contributed by atoms with Gasteiger partial charge in [-0.1, -0.05) is 0 Å². The van der Waals surface area contributed by atoms with Crippen LogP contribution in [0.15, 0.2) is 37.2 Å². The largest absolute Gasteiger partial charge is 0.323 e. The zero-order valence-electron chi connectivity index (χ0n) is 16.7. The van der Waals surface area contributed by atoms with Gasteiger partial charge < -0.3 is 5.32 Å². The second-order valence-corrected chi connectivity index (χ2v) is 8.01. The summed E-state index contributed by atoms with van der Waals surface area (Å²) < 4.78 is 33.0. The molecule has 0 aromatic carbocycles. The first-order valence-electron chi connectivity index (χ1n) is 10.1. The highest BCUT2D eigenvalue weighted by atomic mass is 19.3. The molecule has 31 heavy (non-hydrogen) atoms. The minimum atomic E-state index is -2.59. The quantitative estimate of drug-likeness (QED) is 0.473. The molecule has 0 amide bonds. The van der Waals surface area contributed by atoms with Gasteiger partial charge in [-0.05, 0) is 31.4 Å². The van der Waals surface area contributed by atoms with Crippen molar-refractivity contribution in [1.82, 2.24) is 38.5 Å². The van der Waals surface area contributed by atoms with E-state index in [0.717, 1.165) is 22.4 Å². The van der Waals surface area contributed by atoms with Crippen LogP contribution in [0.1, 0.15) is 37.3 Å². The van der Waals surface area contributed by atoms with E-state index in [1.165, 1.54) is 6.33 Å². The molecule has 1 aliphatic rings. The van der Waals surface area contributed by atoms with Gasteiger partial charge in [0.15, 0.2) is 11.3 Å². The van der Waals surface area contributed by atoms with Crippen LogP contribution in [0.2, 0.25) is 0 Å². The molecule has 0 radical (unpaired) electrons. The average molecular weight is 423 g/mol. The molecule has 1 fully saturated rings. The zero-order valence-corrected chi connectivity index (χ0v) is 16.7. The summed E-state index contributed by atoms with van der Waals surface area (Å²) in [6.07, 6.45) is 9.11. The maximum absolute atomic E-state index is 13.7. The van der Waals surface area contributed by atoms with Crippen molar-refractivity contribution in [3.63, 3.8) is 0 Å². The molecule has 5 heterocycles. The first-order valence-corrected chi connectivity index (χ1v) is 10.1. The van der Waals surface area contributed by atoms with Crippen molar-refractivity contribution in [2.24, 2.45) is 0 Å². The number of hydrogen-bond acceptors (Lipinski definition) is 6. The van der Waals surface area contributed by atoms with E-state index >= 15 is 0 Å². The van der Waals surface area contributed by atoms with Gasteiger partial charge in [0.2, 0.25) is 17.6 Å². The van der Waals surface area contributed by atoms with Crippen molar-refractivity contribution in [1.29, 1.82) is 0 Å². The summed E-state index contributed by atoms with van der Waals surface area (Å²) in [5, 5.41) is 7.42. The van der Waals surface area contributed by atoms with Crippen molar-refractivity contribution in [3.05, 3.63) is 42.7 Å². The number of aromatic nitrogens is 8. The lowest BCUT2D eigenvalue weighted by Gasteiger charge is -2.29. The molecule has 0 saturated heterocycles. The van der Waals surface area contributed by atoms with E-state index in [2.05, 4.69) is 25.4 Å². The molecule has 5 aromatic rings. The molecule has 5 aromatic heterocycles. The molecule has 0 bridgehead atoms. The number of alkyl halides is 2.